The highest BCUT2D eigenvalue weighted by atomic mass is 16.5. The lowest BCUT2D eigenvalue weighted by molar-refractivity contribution is 0.0488. The van der Waals surface area contributed by atoms with Gasteiger partial charge < -0.3 is 9.15 Å². The van der Waals surface area contributed by atoms with E-state index in [4.69, 9.17) is 9.15 Å². The molecule has 4 heteroatoms. The van der Waals surface area contributed by atoms with Crippen molar-refractivity contribution in [2.75, 3.05) is 6.61 Å². The van der Waals surface area contributed by atoms with Crippen LogP contribution in [0.15, 0.2) is 16.5 Å². The molecule has 0 atom stereocenters. The molecule has 15 heavy (non-hydrogen) atoms. The molecule has 1 aromatic rings. The van der Waals surface area contributed by atoms with Gasteiger partial charge in [0.1, 0.15) is 0 Å². The molecule has 1 rings (SSSR count). The summed E-state index contributed by atoms with van der Waals surface area (Å²) in [4.78, 5) is 22.7. The van der Waals surface area contributed by atoms with Crippen LogP contribution in [0.1, 0.15) is 41.9 Å². The number of rotatable bonds is 4. The number of hydrogen-bond acceptors (Lipinski definition) is 4. The maximum absolute atomic E-state index is 11.5. The zero-order valence-corrected chi connectivity index (χ0v) is 9.07. The van der Waals surface area contributed by atoms with Crippen LogP contribution >= 0.6 is 0 Å². The maximum Gasteiger partial charge on any atom is 0.374 e. The summed E-state index contributed by atoms with van der Waals surface area (Å²) in [6.45, 7) is 5.54. The van der Waals surface area contributed by atoms with Crippen molar-refractivity contribution in [1.82, 2.24) is 0 Å². The quantitative estimate of drug-likeness (QED) is 0.565. The molecule has 82 valence electrons. The number of carbonyl (C=O) groups excluding carboxylic acids is 2. The second kappa shape index (κ2) is 4.77. The van der Waals surface area contributed by atoms with Crippen molar-refractivity contribution in [3.63, 3.8) is 0 Å². The van der Waals surface area contributed by atoms with Gasteiger partial charge >= 0.3 is 5.97 Å². The summed E-state index contributed by atoms with van der Waals surface area (Å²) in [5.74, 6) is -0.536. The Labute approximate surface area is 88.2 Å². The molecule has 0 radical (unpaired) electrons. The zero-order valence-electron chi connectivity index (χ0n) is 9.07. The lowest BCUT2D eigenvalue weighted by atomic mass is 10.1. The molecule has 1 aromatic heterocycles. The summed E-state index contributed by atoms with van der Waals surface area (Å²) < 4.78 is 9.83. The molecule has 0 bridgehead atoms. The van der Waals surface area contributed by atoms with Crippen LogP contribution in [-0.2, 0) is 4.74 Å². The van der Waals surface area contributed by atoms with Gasteiger partial charge in [0.15, 0.2) is 5.76 Å². The van der Waals surface area contributed by atoms with Gasteiger partial charge in [0.25, 0.3) is 0 Å². The number of ether oxygens (including phenoxy) is 1. The minimum Gasteiger partial charge on any atom is -0.460 e. The third-order valence-electron chi connectivity index (χ3n) is 1.85. The van der Waals surface area contributed by atoms with E-state index in [9.17, 15) is 9.59 Å². The Morgan fingerprint density at radius 3 is 2.47 bits per heavy atom. The highest BCUT2D eigenvalue weighted by molar-refractivity contribution is 5.96. The molecule has 0 amide bonds. The molecule has 0 N–H and O–H groups in total. The number of carbonyl (C=O) groups is 2. The van der Waals surface area contributed by atoms with Gasteiger partial charge in [-0.05, 0) is 19.1 Å². The monoisotopic (exact) mass is 210 g/mol. The molecule has 0 fully saturated rings. The SMILES string of the molecule is CCOC(=O)c1ccc(C(=O)C(C)C)o1. The second-order valence-electron chi connectivity index (χ2n) is 3.40. The van der Waals surface area contributed by atoms with E-state index in [1.165, 1.54) is 12.1 Å². The van der Waals surface area contributed by atoms with Crippen molar-refractivity contribution < 1.29 is 18.7 Å². The lowest BCUT2D eigenvalue weighted by Gasteiger charge is -1.99. The van der Waals surface area contributed by atoms with Crippen LogP contribution < -0.4 is 0 Å². The third kappa shape index (κ3) is 2.68. The zero-order chi connectivity index (χ0) is 11.4. The van der Waals surface area contributed by atoms with E-state index in [-0.39, 0.29) is 29.8 Å². The third-order valence-corrected chi connectivity index (χ3v) is 1.85. The van der Waals surface area contributed by atoms with E-state index in [0.717, 1.165) is 0 Å². The van der Waals surface area contributed by atoms with Gasteiger partial charge in [-0.1, -0.05) is 13.8 Å². The summed E-state index contributed by atoms with van der Waals surface area (Å²) in [6, 6.07) is 2.95. The van der Waals surface area contributed by atoms with E-state index in [1.807, 2.05) is 0 Å². The fourth-order valence-electron chi connectivity index (χ4n) is 1.07. The first kappa shape index (κ1) is 11.5. The Morgan fingerprint density at radius 1 is 1.33 bits per heavy atom. The summed E-state index contributed by atoms with van der Waals surface area (Å²) in [5.41, 5.74) is 0. The van der Waals surface area contributed by atoms with Crippen LogP contribution in [0, 0.1) is 5.92 Å². The van der Waals surface area contributed by atoms with Crippen molar-refractivity contribution in [1.29, 1.82) is 0 Å². The minimum absolute atomic E-state index is 0.0702. The predicted molar refractivity (Wildman–Crippen MR) is 53.8 cm³/mol. The fraction of sp³-hybridized carbons (Fsp3) is 0.455. The molecule has 0 aromatic carbocycles. The number of furan rings is 1. The van der Waals surface area contributed by atoms with Crippen LogP contribution in [0.25, 0.3) is 0 Å². The van der Waals surface area contributed by atoms with Crippen LogP contribution in [0.5, 0.6) is 0 Å². The van der Waals surface area contributed by atoms with Crippen molar-refractivity contribution in [3.05, 3.63) is 23.7 Å². The Hall–Kier alpha value is -1.58. The maximum atomic E-state index is 11.5. The van der Waals surface area contributed by atoms with E-state index < -0.39 is 5.97 Å². The van der Waals surface area contributed by atoms with Crippen molar-refractivity contribution in [2.45, 2.75) is 20.8 Å². The predicted octanol–water partition coefficient (Wildman–Crippen LogP) is 2.29. The topological polar surface area (TPSA) is 56.5 Å². The average Bonchev–Trinajstić information content (AvgIpc) is 2.65. The van der Waals surface area contributed by atoms with Gasteiger partial charge in [-0.25, -0.2) is 4.79 Å². The summed E-state index contributed by atoms with van der Waals surface area (Å²) in [5, 5.41) is 0. The molecular weight excluding hydrogens is 196 g/mol. The Morgan fingerprint density at radius 2 is 1.93 bits per heavy atom. The lowest BCUT2D eigenvalue weighted by Crippen LogP contribution is -2.06. The standard InChI is InChI=1S/C11H14O4/c1-4-14-11(13)9-6-5-8(15-9)10(12)7(2)3/h5-7H,4H2,1-3H3. The molecule has 4 nitrogen and oxygen atoms in total. The highest BCUT2D eigenvalue weighted by Gasteiger charge is 2.18. The van der Waals surface area contributed by atoms with Gasteiger partial charge in [-0.15, -0.1) is 0 Å². The molecule has 0 saturated heterocycles. The van der Waals surface area contributed by atoms with Crippen LogP contribution in [0.3, 0.4) is 0 Å². The second-order valence-corrected chi connectivity index (χ2v) is 3.40. The van der Waals surface area contributed by atoms with E-state index in [1.54, 1.807) is 20.8 Å². The van der Waals surface area contributed by atoms with E-state index in [0.29, 0.717) is 0 Å². The van der Waals surface area contributed by atoms with Crippen LogP contribution in [-0.4, -0.2) is 18.4 Å². The highest BCUT2D eigenvalue weighted by Crippen LogP contribution is 2.13. The van der Waals surface area contributed by atoms with Crippen molar-refractivity contribution in [3.8, 4) is 0 Å². The smallest absolute Gasteiger partial charge is 0.374 e. The average molecular weight is 210 g/mol. The minimum atomic E-state index is -0.541. The largest absolute Gasteiger partial charge is 0.460 e. The van der Waals surface area contributed by atoms with Gasteiger partial charge in [-0.2, -0.15) is 0 Å². The Bertz CT molecular complexity index is 362. The van der Waals surface area contributed by atoms with Crippen LogP contribution in [0.4, 0.5) is 0 Å². The number of hydrogen-bond donors (Lipinski definition) is 0. The first-order valence-corrected chi connectivity index (χ1v) is 4.87. The molecule has 1 heterocycles. The Balaban J connectivity index is 2.80. The summed E-state index contributed by atoms with van der Waals surface area (Å²) >= 11 is 0. The van der Waals surface area contributed by atoms with Crippen molar-refractivity contribution in [2.24, 2.45) is 5.92 Å². The van der Waals surface area contributed by atoms with Crippen LogP contribution in [0.2, 0.25) is 0 Å². The van der Waals surface area contributed by atoms with Gasteiger partial charge in [0.05, 0.1) is 6.61 Å². The summed E-state index contributed by atoms with van der Waals surface area (Å²) in [7, 11) is 0. The number of ketones is 1. The molecule has 0 saturated carbocycles. The Kier molecular flexibility index (Phi) is 3.66. The normalized spacial score (nSPS) is 10.4. The molecule has 0 aliphatic carbocycles. The first-order chi connectivity index (χ1) is 7.06. The number of Topliss-reactive ketones (excluding diaryl/α,β-unsaturated/α-hetero) is 1. The molecule has 0 spiro atoms. The molecule has 0 unspecified atom stereocenters. The van der Waals surface area contributed by atoms with Gasteiger partial charge in [0, 0.05) is 5.92 Å². The van der Waals surface area contributed by atoms with Gasteiger partial charge in [-0.3, -0.25) is 4.79 Å². The number of esters is 1. The summed E-state index contributed by atoms with van der Waals surface area (Å²) in [6.07, 6.45) is 0. The fourth-order valence-corrected chi connectivity index (χ4v) is 1.07. The van der Waals surface area contributed by atoms with Crippen molar-refractivity contribution >= 4 is 11.8 Å². The van der Waals surface area contributed by atoms with E-state index >= 15 is 0 Å². The van der Waals surface area contributed by atoms with E-state index in [2.05, 4.69) is 0 Å². The first-order valence-electron chi connectivity index (χ1n) is 4.87. The molecular formula is C11H14O4. The molecule has 0 aliphatic rings. The van der Waals surface area contributed by atoms with Gasteiger partial charge in [0.2, 0.25) is 11.5 Å². The molecule has 0 aliphatic heterocycles.